The normalized spacial score (nSPS) is 10.7. The van der Waals surface area contributed by atoms with Crippen LogP contribution in [-0.4, -0.2) is 15.9 Å². The van der Waals surface area contributed by atoms with Crippen molar-refractivity contribution in [2.24, 2.45) is 0 Å². The molecule has 0 saturated heterocycles. The van der Waals surface area contributed by atoms with Gasteiger partial charge in [0, 0.05) is 46.0 Å². The first-order valence-corrected chi connectivity index (χ1v) is 10.4. The van der Waals surface area contributed by atoms with Gasteiger partial charge in [-0.2, -0.15) is 0 Å². The Balaban J connectivity index is 1.41. The van der Waals surface area contributed by atoms with Crippen molar-refractivity contribution in [3.05, 3.63) is 89.0 Å². The molecule has 0 atom stereocenters. The van der Waals surface area contributed by atoms with E-state index in [9.17, 15) is 4.79 Å². The molecule has 0 unspecified atom stereocenters. The number of aryl methyl sites for hydroxylation is 1. The van der Waals surface area contributed by atoms with E-state index in [-0.39, 0.29) is 5.91 Å². The van der Waals surface area contributed by atoms with Crippen LogP contribution < -0.4 is 5.32 Å². The van der Waals surface area contributed by atoms with Crippen LogP contribution in [0.4, 0.5) is 5.69 Å². The topological polar surface area (TPSA) is 54.9 Å². The van der Waals surface area contributed by atoms with Crippen LogP contribution in [-0.2, 0) is 11.2 Å². The highest BCUT2D eigenvalue weighted by Crippen LogP contribution is 2.29. The van der Waals surface area contributed by atoms with Crippen molar-refractivity contribution in [2.75, 3.05) is 5.32 Å². The van der Waals surface area contributed by atoms with E-state index >= 15 is 0 Å². The van der Waals surface area contributed by atoms with Crippen LogP contribution in [0.1, 0.15) is 12.0 Å². The summed E-state index contributed by atoms with van der Waals surface area (Å²) in [7, 11) is 0. The minimum Gasteiger partial charge on any atom is -0.326 e. The van der Waals surface area contributed by atoms with Crippen LogP contribution in [0.25, 0.3) is 21.8 Å². The molecular weight excluding hydrogens is 402 g/mol. The zero-order chi connectivity index (χ0) is 20.1. The molecule has 4 aromatic rings. The molecule has 0 aliphatic carbocycles. The molecule has 29 heavy (non-hydrogen) atoms. The van der Waals surface area contributed by atoms with Gasteiger partial charge in [0.15, 0.2) is 0 Å². The third kappa shape index (κ3) is 5.08. The zero-order valence-electron chi connectivity index (χ0n) is 15.5. The molecule has 144 valence electrons. The first-order valence-electron chi connectivity index (χ1n) is 9.18. The summed E-state index contributed by atoms with van der Waals surface area (Å²) in [6.07, 6.45) is 4.63. The first-order chi connectivity index (χ1) is 14.2. The van der Waals surface area contributed by atoms with Crippen LogP contribution in [0.2, 0.25) is 5.02 Å². The Hall–Kier alpha value is -3.02. The quantitative estimate of drug-likeness (QED) is 0.411. The van der Waals surface area contributed by atoms with Crippen molar-refractivity contribution in [3.8, 4) is 21.8 Å². The molecule has 0 spiro atoms. The van der Waals surface area contributed by atoms with E-state index in [0.29, 0.717) is 17.9 Å². The number of anilines is 1. The maximum atomic E-state index is 12.3. The number of nitrogens with zero attached hydrogens (tertiary/aromatic N) is 2. The number of thiazole rings is 1. The summed E-state index contributed by atoms with van der Waals surface area (Å²) in [4.78, 5) is 21.2. The van der Waals surface area contributed by atoms with Crippen molar-refractivity contribution < 1.29 is 4.79 Å². The van der Waals surface area contributed by atoms with Crippen molar-refractivity contribution in [1.82, 2.24) is 9.97 Å². The van der Waals surface area contributed by atoms with Gasteiger partial charge in [-0.3, -0.25) is 9.78 Å². The minimum atomic E-state index is -0.0218. The molecule has 1 N–H and O–H groups in total. The van der Waals surface area contributed by atoms with Gasteiger partial charge in [0.1, 0.15) is 5.01 Å². The second-order valence-corrected chi connectivity index (χ2v) is 7.83. The van der Waals surface area contributed by atoms with E-state index in [1.807, 2.05) is 66.0 Å². The fraction of sp³-hybridized carbons (Fsp3) is 0.0870. The zero-order valence-corrected chi connectivity index (χ0v) is 17.1. The monoisotopic (exact) mass is 419 g/mol. The van der Waals surface area contributed by atoms with Gasteiger partial charge in [-0.15, -0.1) is 11.3 Å². The number of rotatable bonds is 6. The Labute approximate surface area is 178 Å². The van der Waals surface area contributed by atoms with E-state index in [1.54, 1.807) is 23.7 Å². The Morgan fingerprint density at radius 1 is 1.03 bits per heavy atom. The van der Waals surface area contributed by atoms with E-state index in [2.05, 4.69) is 10.3 Å². The number of benzene rings is 2. The molecular formula is C23H18ClN3OS. The maximum absolute atomic E-state index is 12.3. The Kier molecular flexibility index (Phi) is 5.98. The minimum absolute atomic E-state index is 0.0218. The number of hydrogen-bond acceptors (Lipinski definition) is 4. The van der Waals surface area contributed by atoms with Gasteiger partial charge < -0.3 is 5.32 Å². The lowest BCUT2D eigenvalue weighted by molar-refractivity contribution is -0.116. The Bertz CT molecular complexity index is 1110. The molecule has 0 radical (unpaired) electrons. The second kappa shape index (κ2) is 8.99. The number of carbonyl (C=O) groups is 1. The summed E-state index contributed by atoms with van der Waals surface area (Å²) < 4.78 is 0. The van der Waals surface area contributed by atoms with E-state index in [0.717, 1.165) is 33.1 Å². The van der Waals surface area contributed by atoms with Crippen LogP contribution in [0.3, 0.4) is 0 Å². The molecule has 0 bridgehead atoms. The van der Waals surface area contributed by atoms with Gasteiger partial charge >= 0.3 is 0 Å². The van der Waals surface area contributed by atoms with E-state index in [4.69, 9.17) is 16.6 Å². The lowest BCUT2D eigenvalue weighted by atomic mass is 10.1. The molecule has 2 aromatic heterocycles. The van der Waals surface area contributed by atoms with Crippen molar-refractivity contribution in [3.63, 3.8) is 0 Å². The van der Waals surface area contributed by atoms with Gasteiger partial charge in [-0.1, -0.05) is 35.9 Å². The second-order valence-electron chi connectivity index (χ2n) is 6.54. The number of amides is 1. The van der Waals surface area contributed by atoms with Gasteiger partial charge in [0.25, 0.3) is 0 Å². The first kappa shape index (κ1) is 19.3. The predicted octanol–water partition coefficient (Wildman–Crippen LogP) is 6.10. The molecule has 2 heterocycles. The average molecular weight is 420 g/mol. The fourth-order valence-corrected chi connectivity index (χ4v) is 3.86. The summed E-state index contributed by atoms with van der Waals surface area (Å²) in [5, 5.41) is 6.61. The number of aromatic nitrogens is 2. The number of halogens is 1. The Morgan fingerprint density at radius 2 is 1.86 bits per heavy atom. The van der Waals surface area contributed by atoms with E-state index in [1.165, 1.54) is 0 Å². The lowest BCUT2D eigenvalue weighted by Crippen LogP contribution is -2.12. The molecule has 0 fully saturated rings. The lowest BCUT2D eigenvalue weighted by Gasteiger charge is -2.07. The largest absolute Gasteiger partial charge is 0.326 e. The van der Waals surface area contributed by atoms with Crippen molar-refractivity contribution in [2.45, 2.75) is 12.8 Å². The third-order valence-corrected chi connectivity index (χ3v) is 5.55. The average Bonchev–Trinajstić information content (AvgIpc) is 3.25. The molecule has 0 saturated carbocycles. The van der Waals surface area contributed by atoms with Gasteiger partial charge in [0.05, 0.1) is 5.69 Å². The summed E-state index contributed by atoms with van der Waals surface area (Å²) in [6.45, 7) is 0. The molecule has 1 amide bonds. The molecule has 6 heteroatoms. The molecule has 4 nitrogen and oxygen atoms in total. The third-order valence-electron chi connectivity index (χ3n) is 4.41. The van der Waals surface area contributed by atoms with Crippen LogP contribution >= 0.6 is 22.9 Å². The van der Waals surface area contributed by atoms with E-state index < -0.39 is 0 Å². The number of carbonyl (C=O) groups excluding carboxylic acids is 1. The maximum Gasteiger partial charge on any atom is 0.224 e. The Morgan fingerprint density at radius 3 is 2.66 bits per heavy atom. The highest BCUT2D eigenvalue weighted by atomic mass is 35.5. The molecule has 4 rings (SSSR count). The van der Waals surface area contributed by atoms with Gasteiger partial charge in [-0.05, 0) is 48.4 Å². The molecule has 0 aliphatic rings. The van der Waals surface area contributed by atoms with Crippen LogP contribution in [0, 0.1) is 0 Å². The smallest absolute Gasteiger partial charge is 0.224 e. The molecule has 0 aliphatic heterocycles. The summed E-state index contributed by atoms with van der Waals surface area (Å²) >= 11 is 7.47. The molecule has 2 aromatic carbocycles. The SMILES string of the molecule is O=C(CCc1ccc(Cl)cc1)Nc1cccc(-c2csc(-c3cccnc3)n2)c1. The standard InChI is InChI=1S/C23H18ClN3OS/c24-19-9-6-16(7-10-19)8-11-22(28)26-20-5-1-3-17(13-20)21-15-29-23(27-21)18-4-2-12-25-14-18/h1-7,9-10,12-15H,8,11H2,(H,26,28). The number of pyridine rings is 1. The van der Waals surface area contributed by atoms with Gasteiger partial charge in [-0.25, -0.2) is 4.98 Å². The highest BCUT2D eigenvalue weighted by Gasteiger charge is 2.09. The number of hydrogen-bond donors (Lipinski definition) is 1. The summed E-state index contributed by atoms with van der Waals surface area (Å²) in [5.41, 5.74) is 4.69. The number of nitrogens with one attached hydrogen (secondary N) is 1. The van der Waals surface area contributed by atoms with Crippen molar-refractivity contribution in [1.29, 1.82) is 0 Å². The summed E-state index contributed by atoms with van der Waals surface area (Å²) in [6, 6.07) is 19.2. The summed E-state index contributed by atoms with van der Waals surface area (Å²) in [5.74, 6) is -0.0218. The predicted molar refractivity (Wildman–Crippen MR) is 119 cm³/mol. The van der Waals surface area contributed by atoms with Gasteiger partial charge in [0.2, 0.25) is 5.91 Å². The fourth-order valence-electron chi connectivity index (χ4n) is 2.92. The van der Waals surface area contributed by atoms with Crippen LogP contribution in [0.5, 0.6) is 0 Å². The van der Waals surface area contributed by atoms with Crippen molar-refractivity contribution >= 4 is 34.5 Å². The van der Waals surface area contributed by atoms with Crippen LogP contribution in [0.15, 0.2) is 78.4 Å². The highest BCUT2D eigenvalue weighted by molar-refractivity contribution is 7.13.